The van der Waals surface area contributed by atoms with E-state index < -0.39 is 5.97 Å². The number of pyridine rings is 1. The molecule has 0 aliphatic carbocycles. The second-order valence-electron chi connectivity index (χ2n) is 5.54. The van der Waals surface area contributed by atoms with Crippen LogP contribution in [0, 0.1) is 5.82 Å². The van der Waals surface area contributed by atoms with Crippen LogP contribution in [0.5, 0.6) is 0 Å². The van der Waals surface area contributed by atoms with Gasteiger partial charge in [-0.15, -0.1) is 0 Å². The average molecular weight is 423 g/mol. The van der Waals surface area contributed by atoms with Gasteiger partial charge in [0.25, 0.3) is 0 Å². The minimum atomic E-state index is -0.989. The first-order valence-electron chi connectivity index (χ1n) is 7.77. The maximum atomic E-state index is 13.2. The number of hydrogen-bond donors (Lipinski definition) is 1. The first kappa shape index (κ1) is 19.5. The molecule has 3 aromatic rings. The number of aromatic carboxylic acids is 1. The maximum absolute atomic E-state index is 13.2. The van der Waals surface area contributed by atoms with Crippen LogP contribution in [0.2, 0.25) is 10.0 Å². The van der Waals surface area contributed by atoms with Gasteiger partial charge < -0.3 is 5.11 Å². The molecule has 0 fully saturated rings. The van der Waals surface area contributed by atoms with Crippen molar-refractivity contribution in [3.05, 3.63) is 87.8 Å². The number of nitrogens with zero attached hydrogens (tertiary/aromatic N) is 2. The molecule has 0 unspecified atom stereocenters. The van der Waals surface area contributed by atoms with Crippen LogP contribution in [0.15, 0.2) is 65.7 Å². The van der Waals surface area contributed by atoms with Gasteiger partial charge in [-0.3, -0.25) is 4.31 Å². The van der Waals surface area contributed by atoms with Gasteiger partial charge in [0.2, 0.25) is 0 Å². The van der Waals surface area contributed by atoms with E-state index in [1.807, 2.05) is 4.31 Å². The third kappa shape index (κ3) is 5.13. The van der Waals surface area contributed by atoms with E-state index in [9.17, 15) is 9.18 Å². The molecule has 1 aromatic heterocycles. The molecule has 0 aliphatic rings. The van der Waals surface area contributed by atoms with Crippen LogP contribution in [0.3, 0.4) is 0 Å². The predicted molar refractivity (Wildman–Crippen MR) is 106 cm³/mol. The highest BCUT2D eigenvalue weighted by atomic mass is 35.5. The Bertz CT molecular complexity index is 953. The number of anilines is 1. The van der Waals surface area contributed by atoms with Gasteiger partial charge in [0.05, 0.1) is 22.2 Å². The minimum absolute atomic E-state index is 0.201. The first-order chi connectivity index (χ1) is 12.9. The van der Waals surface area contributed by atoms with Crippen molar-refractivity contribution < 1.29 is 14.3 Å². The minimum Gasteiger partial charge on any atom is -0.478 e. The number of benzene rings is 2. The molecule has 1 heterocycles. The van der Waals surface area contributed by atoms with E-state index in [0.717, 1.165) is 10.5 Å². The van der Waals surface area contributed by atoms with Gasteiger partial charge in [-0.25, -0.2) is 14.2 Å². The molecule has 4 nitrogen and oxygen atoms in total. The maximum Gasteiger partial charge on any atom is 0.335 e. The largest absolute Gasteiger partial charge is 0.478 e. The third-order valence-electron chi connectivity index (χ3n) is 3.58. The zero-order valence-corrected chi connectivity index (χ0v) is 16.1. The molecule has 0 aliphatic heterocycles. The van der Waals surface area contributed by atoms with E-state index >= 15 is 0 Å². The van der Waals surface area contributed by atoms with Crippen LogP contribution in [0.4, 0.5) is 10.2 Å². The Kier molecular flexibility index (Phi) is 6.21. The van der Waals surface area contributed by atoms with Crippen LogP contribution < -0.4 is 4.31 Å². The van der Waals surface area contributed by atoms with E-state index in [2.05, 4.69) is 4.98 Å². The summed E-state index contributed by atoms with van der Waals surface area (Å²) < 4.78 is 15.0. The Morgan fingerprint density at radius 2 is 1.78 bits per heavy atom. The normalized spacial score (nSPS) is 10.6. The lowest BCUT2D eigenvalue weighted by Gasteiger charge is -2.23. The lowest BCUT2D eigenvalue weighted by Crippen LogP contribution is -2.15. The molecule has 2 aromatic carbocycles. The van der Waals surface area contributed by atoms with Crippen LogP contribution in [-0.4, -0.2) is 16.1 Å². The Balaban J connectivity index is 1.90. The summed E-state index contributed by atoms with van der Waals surface area (Å²) in [6.45, 7) is 0.403. The van der Waals surface area contributed by atoms with Gasteiger partial charge >= 0.3 is 5.97 Å². The lowest BCUT2D eigenvalue weighted by atomic mass is 10.2. The summed E-state index contributed by atoms with van der Waals surface area (Å²) in [4.78, 5) is 16.1. The summed E-state index contributed by atoms with van der Waals surface area (Å²) in [6.07, 6.45) is 1.49. The molecule has 0 bridgehead atoms. The summed E-state index contributed by atoms with van der Waals surface area (Å²) in [7, 11) is 0. The number of rotatable bonds is 6. The lowest BCUT2D eigenvalue weighted by molar-refractivity contribution is 0.0697. The number of carboxylic acid groups (broad SMARTS) is 1. The van der Waals surface area contributed by atoms with Gasteiger partial charge in [-0.1, -0.05) is 35.3 Å². The molecule has 0 amide bonds. The molecule has 27 heavy (non-hydrogen) atoms. The zero-order chi connectivity index (χ0) is 19.4. The van der Waals surface area contributed by atoms with E-state index in [4.69, 9.17) is 28.3 Å². The highest BCUT2D eigenvalue weighted by Crippen LogP contribution is 2.35. The van der Waals surface area contributed by atoms with Gasteiger partial charge in [0.15, 0.2) is 5.82 Å². The summed E-state index contributed by atoms with van der Waals surface area (Å²) in [5, 5.41) is 9.82. The molecule has 0 atom stereocenters. The van der Waals surface area contributed by atoms with Gasteiger partial charge in [0.1, 0.15) is 5.82 Å². The van der Waals surface area contributed by atoms with Crippen molar-refractivity contribution in [2.45, 2.75) is 11.4 Å². The van der Waals surface area contributed by atoms with Crippen molar-refractivity contribution in [2.24, 2.45) is 0 Å². The summed E-state index contributed by atoms with van der Waals surface area (Å²) in [6, 6.07) is 14.2. The fourth-order valence-corrected chi connectivity index (χ4v) is 3.77. The summed E-state index contributed by atoms with van der Waals surface area (Å²) in [5.41, 5.74) is 1.06. The Labute approximate surface area is 169 Å². The van der Waals surface area contributed by atoms with E-state index in [1.54, 1.807) is 30.3 Å². The molecule has 1 N–H and O–H groups in total. The highest BCUT2D eigenvalue weighted by molar-refractivity contribution is 8.00. The second-order valence-corrected chi connectivity index (χ2v) is 7.48. The van der Waals surface area contributed by atoms with Crippen molar-refractivity contribution in [3.8, 4) is 0 Å². The van der Waals surface area contributed by atoms with Crippen molar-refractivity contribution in [1.29, 1.82) is 0 Å². The standard InChI is InChI=1S/C19H13Cl2FN2O2S/c20-14-9-17(21)18(23-10-14)24(11-12-1-5-15(22)6-2-12)27-16-7-3-13(4-8-16)19(25)26/h1-10H,11H2,(H,25,26). The van der Waals surface area contributed by atoms with Gasteiger partial charge in [-0.2, -0.15) is 0 Å². The van der Waals surface area contributed by atoms with Crippen molar-refractivity contribution >= 4 is 46.9 Å². The Morgan fingerprint density at radius 3 is 2.37 bits per heavy atom. The Morgan fingerprint density at radius 1 is 1.11 bits per heavy atom. The molecule has 3 rings (SSSR count). The first-order valence-corrected chi connectivity index (χ1v) is 9.29. The number of hydrogen-bond acceptors (Lipinski definition) is 4. The van der Waals surface area contributed by atoms with Crippen LogP contribution in [0.1, 0.15) is 15.9 Å². The van der Waals surface area contributed by atoms with E-state index in [0.29, 0.717) is 22.4 Å². The van der Waals surface area contributed by atoms with Crippen molar-refractivity contribution in [1.82, 2.24) is 4.98 Å². The fraction of sp³-hybridized carbons (Fsp3) is 0.0526. The molecule has 138 valence electrons. The fourth-order valence-electron chi connectivity index (χ4n) is 2.28. The molecule has 0 radical (unpaired) electrons. The number of halogens is 3. The molecular weight excluding hydrogens is 410 g/mol. The van der Waals surface area contributed by atoms with Crippen LogP contribution in [-0.2, 0) is 6.54 Å². The molecular formula is C19H13Cl2FN2O2S. The van der Waals surface area contributed by atoms with E-state index in [-0.39, 0.29) is 11.4 Å². The van der Waals surface area contributed by atoms with Gasteiger partial charge in [-0.05, 0) is 60.0 Å². The second kappa shape index (κ2) is 8.61. The molecule has 0 spiro atoms. The average Bonchev–Trinajstić information content (AvgIpc) is 2.63. The third-order valence-corrected chi connectivity index (χ3v) is 5.07. The van der Waals surface area contributed by atoms with Crippen LogP contribution >= 0.6 is 35.1 Å². The quantitative estimate of drug-likeness (QED) is 0.498. The monoisotopic (exact) mass is 422 g/mol. The van der Waals surface area contributed by atoms with Gasteiger partial charge in [0, 0.05) is 11.1 Å². The van der Waals surface area contributed by atoms with Crippen molar-refractivity contribution in [2.75, 3.05) is 4.31 Å². The molecule has 0 saturated carbocycles. The zero-order valence-electron chi connectivity index (χ0n) is 13.8. The summed E-state index contributed by atoms with van der Waals surface area (Å²) in [5.74, 6) is -0.806. The highest BCUT2D eigenvalue weighted by Gasteiger charge is 2.16. The topological polar surface area (TPSA) is 53.4 Å². The van der Waals surface area contributed by atoms with Crippen LogP contribution in [0.25, 0.3) is 0 Å². The number of carboxylic acids is 1. The smallest absolute Gasteiger partial charge is 0.335 e. The summed E-state index contributed by atoms with van der Waals surface area (Å²) >= 11 is 13.6. The molecule has 0 saturated heterocycles. The van der Waals surface area contributed by atoms with Crippen molar-refractivity contribution in [3.63, 3.8) is 0 Å². The predicted octanol–water partition coefficient (Wildman–Crippen LogP) is 5.94. The SMILES string of the molecule is O=C(O)c1ccc(SN(Cc2ccc(F)cc2)c2ncc(Cl)cc2Cl)cc1. The Hall–Kier alpha value is -2.28. The molecule has 8 heteroatoms. The number of aromatic nitrogens is 1. The van der Waals surface area contributed by atoms with E-state index in [1.165, 1.54) is 42.4 Å². The number of carbonyl (C=O) groups is 1.